The zero-order valence-corrected chi connectivity index (χ0v) is 35.3. The Morgan fingerprint density at radius 2 is 1.87 bits per heavy atom. The first-order chi connectivity index (χ1) is 26.8. The highest BCUT2D eigenvalue weighted by atomic mass is 33.1. The molecule has 6 rings (SSSR count). The number of allylic oxidation sites excluding steroid dienone is 1. The van der Waals surface area contributed by atoms with Crippen LogP contribution in [0.4, 0.5) is 10.1 Å². The standard InChI is InChI=1S/C23H26FN3S2.C9H11NO.C6H11NO2.C4H8.C2H6/c1-3-4-18-5-6-19(14-23(18)24)17(2)26-10-11-27(16-26)22-8-7-21(15-25)20(13-22)9-12-29-28;1-7-3-2-4-8-6-11-10-5-9(7)8;1-7-6(9)4-2-3-5-8;1-2-4-3-1;1-2/h3,5-8,13-14,17,28H,1,4,9-12,16H2,2H3;2-4,10H,5-6H2,1H3;5H,2-4H2,1H3,(H,7,9);1-4H2;1-2H3. The van der Waals surface area contributed by atoms with Gasteiger partial charge in [0, 0.05) is 57.0 Å². The third-order valence-electron chi connectivity index (χ3n) is 9.61. The van der Waals surface area contributed by atoms with E-state index in [-0.39, 0.29) is 17.8 Å². The van der Waals surface area contributed by atoms with Crippen LogP contribution in [-0.4, -0.2) is 49.7 Å². The largest absolute Gasteiger partial charge is 0.359 e. The van der Waals surface area contributed by atoms with Crippen LogP contribution in [0.5, 0.6) is 0 Å². The number of hydrogen-bond acceptors (Lipinski definition) is 9. The number of aldehydes is 1. The number of hydrogen-bond donors (Lipinski definition) is 3. The summed E-state index contributed by atoms with van der Waals surface area (Å²) in [6.07, 6.45) is 11.5. The summed E-state index contributed by atoms with van der Waals surface area (Å²) in [4.78, 5) is 30.0. The minimum absolute atomic E-state index is 0.00292. The average Bonchev–Trinajstić information content (AvgIpc) is 3.69. The van der Waals surface area contributed by atoms with Gasteiger partial charge in [-0.3, -0.25) is 14.5 Å². The van der Waals surface area contributed by atoms with E-state index in [0.717, 1.165) is 67.1 Å². The molecule has 1 saturated heterocycles. The fraction of sp³-hybridized carbons (Fsp3) is 0.477. The Morgan fingerprint density at radius 1 is 1.13 bits per heavy atom. The molecule has 1 amide bonds. The minimum Gasteiger partial charge on any atom is -0.359 e. The molecule has 0 aromatic heterocycles. The first-order valence-corrected chi connectivity index (χ1v) is 21.5. The number of halogens is 1. The van der Waals surface area contributed by atoms with Gasteiger partial charge < -0.3 is 15.0 Å². The number of unbranched alkanes of at least 4 members (excludes halogenated alkanes) is 1. The van der Waals surface area contributed by atoms with Crippen LogP contribution in [0.25, 0.3) is 0 Å². The molecule has 3 aromatic carbocycles. The number of nitriles is 1. The predicted octanol–water partition coefficient (Wildman–Crippen LogP) is 9.61. The van der Waals surface area contributed by atoms with Crippen LogP contribution in [-0.2, 0) is 40.4 Å². The summed E-state index contributed by atoms with van der Waals surface area (Å²) in [5.41, 5.74) is 11.5. The molecule has 11 heteroatoms. The minimum atomic E-state index is -0.163. The molecule has 3 aromatic rings. The third kappa shape index (κ3) is 16.5. The smallest absolute Gasteiger partial charge is 0.219 e. The van der Waals surface area contributed by atoms with Gasteiger partial charge in [0.15, 0.2) is 0 Å². The van der Waals surface area contributed by atoms with Crippen LogP contribution < -0.4 is 15.7 Å². The van der Waals surface area contributed by atoms with Gasteiger partial charge in [-0.2, -0.15) is 10.7 Å². The number of nitrogens with one attached hydrogen (secondary N) is 2. The normalized spacial score (nSPS) is 14.5. The molecule has 1 unspecified atom stereocenters. The lowest BCUT2D eigenvalue weighted by Crippen LogP contribution is -2.28. The topological polar surface area (TPSA) is 97.7 Å². The van der Waals surface area contributed by atoms with Gasteiger partial charge in [-0.15, -0.1) is 18.2 Å². The van der Waals surface area contributed by atoms with Crippen molar-refractivity contribution >= 4 is 40.3 Å². The van der Waals surface area contributed by atoms with Gasteiger partial charge in [0.05, 0.1) is 24.9 Å². The van der Waals surface area contributed by atoms with Gasteiger partial charge >= 0.3 is 0 Å². The molecule has 2 heterocycles. The van der Waals surface area contributed by atoms with E-state index in [1.54, 1.807) is 19.2 Å². The summed E-state index contributed by atoms with van der Waals surface area (Å²) in [5, 5.41) is 11.8. The lowest BCUT2D eigenvalue weighted by Gasteiger charge is -2.26. The van der Waals surface area contributed by atoms with Crippen LogP contribution in [0.2, 0.25) is 0 Å². The molecule has 1 saturated carbocycles. The summed E-state index contributed by atoms with van der Waals surface area (Å²) in [7, 11) is 3.07. The van der Waals surface area contributed by atoms with Gasteiger partial charge in [-0.05, 0) is 90.8 Å². The molecular weight excluding hydrogens is 730 g/mol. The molecule has 3 aliphatic rings. The molecule has 2 fully saturated rings. The van der Waals surface area contributed by atoms with E-state index >= 15 is 0 Å². The van der Waals surface area contributed by atoms with Gasteiger partial charge in [-0.25, -0.2) is 4.39 Å². The van der Waals surface area contributed by atoms with Crippen molar-refractivity contribution in [3.8, 4) is 6.07 Å². The molecule has 8 nitrogen and oxygen atoms in total. The molecule has 2 aliphatic heterocycles. The van der Waals surface area contributed by atoms with Crippen molar-refractivity contribution in [1.82, 2.24) is 15.7 Å². The summed E-state index contributed by atoms with van der Waals surface area (Å²) < 4.78 is 14.3. The number of aryl methyl sites for hydroxylation is 2. The van der Waals surface area contributed by atoms with Crippen molar-refractivity contribution in [3.63, 3.8) is 0 Å². The van der Waals surface area contributed by atoms with E-state index in [2.05, 4.69) is 83.0 Å². The van der Waals surface area contributed by atoms with E-state index in [9.17, 15) is 19.2 Å². The molecule has 300 valence electrons. The van der Waals surface area contributed by atoms with Crippen LogP contribution in [0, 0.1) is 24.1 Å². The SMILES string of the molecule is C1CCC1.C=CCc1ccc(C(C)N2CCN(c3ccc(C#N)c(CCSS)c3)C2)cc1F.CC.CNC(=O)CCCC=O.Cc1cccc2c1CNOC2. The van der Waals surface area contributed by atoms with Crippen LogP contribution >= 0.6 is 22.5 Å². The first kappa shape index (κ1) is 47.5. The second-order valence-corrected chi connectivity index (χ2v) is 14.7. The highest BCUT2D eigenvalue weighted by Gasteiger charge is 2.26. The van der Waals surface area contributed by atoms with Crippen molar-refractivity contribution in [1.29, 1.82) is 5.26 Å². The zero-order valence-electron chi connectivity index (χ0n) is 33.5. The van der Waals surface area contributed by atoms with Crippen molar-refractivity contribution in [2.75, 3.05) is 37.5 Å². The van der Waals surface area contributed by atoms with Gasteiger partial charge in [0.1, 0.15) is 12.1 Å². The van der Waals surface area contributed by atoms with Crippen LogP contribution in [0.15, 0.2) is 67.3 Å². The predicted molar refractivity (Wildman–Crippen MR) is 231 cm³/mol. The Bertz CT molecular complexity index is 1640. The van der Waals surface area contributed by atoms with Crippen molar-refractivity contribution < 1.29 is 18.8 Å². The number of fused-ring (bicyclic) bond motifs is 1. The lowest BCUT2D eigenvalue weighted by atomic mass is 10.0. The Kier molecular flexibility index (Phi) is 24.0. The molecule has 0 spiro atoms. The van der Waals surface area contributed by atoms with Crippen molar-refractivity contribution in [2.24, 2.45) is 0 Å². The van der Waals surface area contributed by atoms with Crippen molar-refractivity contribution in [2.45, 2.75) is 105 Å². The van der Waals surface area contributed by atoms with E-state index in [4.69, 9.17) is 4.84 Å². The average molecular weight is 792 g/mol. The van der Waals surface area contributed by atoms with Crippen LogP contribution in [0.3, 0.4) is 0 Å². The zero-order chi connectivity index (χ0) is 40.4. The maximum atomic E-state index is 14.3. The van der Waals surface area contributed by atoms with Crippen LogP contribution in [0.1, 0.15) is 111 Å². The van der Waals surface area contributed by atoms with E-state index in [1.807, 2.05) is 38.1 Å². The Balaban J connectivity index is 0.000000324. The summed E-state index contributed by atoms with van der Waals surface area (Å²) >= 11 is 4.21. The monoisotopic (exact) mass is 791 g/mol. The number of nitrogens with zero attached hydrogens (tertiary/aromatic N) is 3. The highest BCUT2D eigenvalue weighted by Crippen LogP contribution is 2.29. The van der Waals surface area contributed by atoms with Gasteiger partial charge in [0.2, 0.25) is 5.91 Å². The van der Waals surface area contributed by atoms with Gasteiger partial charge in [-0.1, -0.05) is 86.7 Å². The molecule has 1 aliphatic carbocycles. The maximum absolute atomic E-state index is 14.3. The first-order valence-electron chi connectivity index (χ1n) is 19.5. The van der Waals surface area contributed by atoms with Crippen molar-refractivity contribution in [3.05, 3.63) is 112 Å². The fourth-order valence-corrected chi connectivity index (χ4v) is 6.45. The molecule has 0 bridgehead atoms. The Hall–Kier alpha value is -3.66. The third-order valence-corrected chi connectivity index (χ3v) is 10.5. The summed E-state index contributed by atoms with van der Waals surface area (Å²) in [5.74, 6) is 0.707. The highest BCUT2D eigenvalue weighted by molar-refractivity contribution is 8.68. The van der Waals surface area contributed by atoms with E-state index in [0.29, 0.717) is 37.9 Å². The summed E-state index contributed by atoms with van der Waals surface area (Å²) in [6, 6.07) is 20.3. The fourth-order valence-electron chi connectivity index (χ4n) is 5.86. The number of hydroxylamine groups is 1. The second kappa shape index (κ2) is 27.8. The second-order valence-electron chi connectivity index (χ2n) is 13.2. The molecule has 1 atom stereocenters. The number of thiol groups is 1. The maximum Gasteiger partial charge on any atom is 0.219 e. The molecule has 0 radical (unpaired) electrons. The lowest BCUT2D eigenvalue weighted by molar-refractivity contribution is -0.120. The number of carbonyl (C=O) groups is 2. The number of anilines is 1. The number of rotatable bonds is 12. The Labute approximate surface area is 339 Å². The van der Waals surface area contributed by atoms with Gasteiger partial charge in [0.25, 0.3) is 0 Å². The van der Waals surface area contributed by atoms with E-state index < -0.39 is 0 Å². The van der Waals surface area contributed by atoms with E-state index in [1.165, 1.54) is 53.2 Å². The summed E-state index contributed by atoms with van der Waals surface area (Å²) in [6.45, 7) is 16.1. The molecule has 2 N–H and O–H groups in total. The number of amides is 1. The quantitative estimate of drug-likeness (QED) is 0.0549. The molecule has 55 heavy (non-hydrogen) atoms. The Morgan fingerprint density at radius 3 is 2.47 bits per heavy atom. The molecular formula is C44H62FN5O3S2. The number of benzene rings is 3. The number of carbonyl (C=O) groups excluding carboxylic acids is 2.